The molecule has 2 nitrogen and oxygen atoms in total. The minimum absolute atomic E-state index is 0.715. The molecule has 2 heteroatoms. The number of hydrogen-bond acceptors (Lipinski definition) is 2. The van der Waals surface area contributed by atoms with E-state index in [0.29, 0.717) is 5.92 Å². The molecule has 1 fully saturated rings. The van der Waals surface area contributed by atoms with E-state index >= 15 is 0 Å². The fourth-order valence-electron chi connectivity index (χ4n) is 1.78. The van der Waals surface area contributed by atoms with Crippen molar-refractivity contribution >= 4 is 0 Å². The topological polar surface area (TPSA) is 18.5 Å². The molecule has 2 atom stereocenters. The second-order valence-corrected chi connectivity index (χ2v) is 3.45. The van der Waals surface area contributed by atoms with Crippen LogP contribution in [0.2, 0.25) is 0 Å². The van der Waals surface area contributed by atoms with Crippen molar-refractivity contribution in [2.75, 3.05) is 26.4 Å². The van der Waals surface area contributed by atoms with Gasteiger partial charge in [-0.25, -0.2) is 0 Å². The first-order chi connectivity index (χ1) is 5.88. The lowest BCUT2D eigenvalue weighted by molar-refractivity contribution is 0.0771. The Kier molecular flexibility index (Phi) is 4.62. The molecule has 0 aromatic rings. The van der Waals surface area contributed by atoms with Gasteiger partial charge in [0.15, 0.2) is 0 Å². The molecule has 2 unspecified atom stereocenters. The maximum absolute atomic E-state index is 5.44. The van der Waals surface area contributed by atoms with Crippen LogP contribution >= 0.6 is 0 Å². The summed E-state index contributed by atoms with van der Waals surface area (Å²) in [5, 5.41) is 0. The number of hydrogen-bond donors (Lipinski definition) is 0. The third-order valence-corrected chi connectivity index (χ3v) is 2.69. The molecule has 0 aliphatic carbocycles. The van der Waals surface area contributed by atoms with Gasteiger partial charge in [-0.2, -0.15) is 0 Å². The summed E-state index contributed by atoms with van der Waals surface area (Å²) in [6.07, 6.45) is 2.44. The van der Waals surface area contributed by atoms with Crippen LogP contribution in [0.4, 0.5) is 0 Å². The van der Waals surface area contributed by atoms with E-state index < -0.39 is 0 Å². The summed E-state index contributed by atoms with van der Waals surface area (Å²) in [6.45, 7) is 7.95. The van der Waals surface area contributed by atoms with Gasteiger partial charge in [0.2, 0.25) is 0 Å². The molecule has 0 bridgehead atoms. The van der Waals surface area contributed by atoms with E-state index in [4.69, 9.17) is 9.47 Å². The third kappa shape index (κ3) is 2.76. The van der Waals surface area contributed by atoms with Gasteiger partial charge in [-0.05, 0) is 25.2 Å². The quantitative estimate of drug-likeness (QED) is 0.632. The van der Waals surface area contributed by atoms with Crippen LogP contribution in [0.15, 0.2) is 0 Å². The smallest absolute Gasteiger partial charge is 0.0498 e. The van der Waals surface area contributed by atoms with Crippen molar-refractivity contribution in [3.63, 3.8) is 0 Å². The summed E-state index contributed by atoms with van der Waals surface area (Å²) in [5.74, 6) is 1.47. The second kappa shape index (κ2) is 5.55. The highest BCUT2D eigenvalue weighted by Crippen LogP contribution is 2.24. The lowest BCUT2D eigenvalue weighted by atomic mass is 9.90. The number of rotatable bonds is 5. The van der Waals surface area contributed by atoms with E-state index in [2.05, 4.69) is 13.8 Å². The molecular formula is C10H20O2. The normalized spacial score (nSPS) is 26.0. The zero-order chi connectivity index (χ0) is 8.81. The summed E-state index contributed by atoms with van der Waals surface area (Å²) in [5.41, 5.74) is 0. The maximum Gasteiger partial charge on any atom is 0.0498 e. The Labute approximate surface area is 75.2 Å². The van der Waals surface area contributed by atoms with Crippen molar-refractivity contribution in [2.45, 2.75) is 26.7 Å². The average molecular weight is 172 g/mol. The van der Waals surface area contributed by atoms with Gasteiger partial charge in [-0.15, -0.1) is 0 Å². The molecule has 0 aromatic heterocycles. The van der Waals surface area contributed by atoms with E-state index in [0.717, 1.165) is 32.3 Å². The molecule has 0 N–H and O–H groups in total. The summed E-state index contributed by atoms with van der Waals surface area (Å²) in [6, 6.07) is 0. The van der Waals surface area contributed by atoms with Gasteiger partial charge in [0, 0.05) is 26.4 Å². The molecule has 12 heavy (non-hydrogen) atoms. The molecule has 1 saturated heterocycles. The van der Waals surface area contributed by atoms with Crippen molar-refractivity contribution in [2.24, 2.45) is 11.8 Å². The summed E-state index contributed by atoms with van der Waals surface area (Å²) in [7, 11) is 0. The number of ether oxygens (including phenoxy) is 2. The molecule has 1 heterocycles. The van der Waals surface area contributed by atoms with Crippen LogP contribution in [0.1, 0.15) is 26.7 Å². The van der Waals surface area contributed by atoms with Crippen LogP contribution in [-0.2, 0) is 9.47 Å². The zero-order valence-corrected chi connectivity index (χ0v) is 8.21. The molecule has 1 aliphatic heterocycles. The van der Waals surface area contributed by atoms with E-state index in [1.165, 1.54) is 12.8 Å². The van der Waals surface area contributed by atoms with Crippen molar-refractivity contribution in [1.29, 1.82) is 0 Å². The molecule has 1 rings (SSSR count). The highest BCUT2D eigenvalue weighted by atomic mass is 16.5. The van der Waals surface area contributed by atoms with Gasteiger partial charge in [0.25, 0.3) is 0 Å². The molecule has 0 saturated carbocycles. The van der Waals surface area contributed by atoms with Crippen LogP contribution in [0.3, 0.4) is 0 Å². The van der Waals surface area contributed by atoms with Gasteiger partial charge in [-0.3, -0.25) is 0 Å². The van der Waals surface area contributed by atoms with E-state index in [1.54, 1.807) is 0 Å². The van der Waals surface area contributed by atoms with E-state index in [9.17, 15) is 0 Å². The molecule has 0 spiro atoms. The monoisotopic (exact) mass is 172 g/mol. The third-order valence-electron chi connectivity index (χ3n) is 2.69. The molecule has 0 radical (unpaired) electrons. The van der Waals surface area contributed by atoms with E-state index in [-0.39, 0.29) is 0 Å². The second-order valence-electron chi connectivity index (χ2n) is 3.45. The summed E-state index contributed by atoms with van der Waals surface area (Å²) in [4.78, 5) is 0. The molecule has 72 valence electrons. The Morgan fingerprint density at radius 2 is 2.33 bits per heavy atom. The Bertz CT molecular complexity index is 108. The molecule has 1 aliphatic rings. The summed E-state index contributed by atoms with van der Waals surface area (Å²) >= 11 is 0. The minimum atomic E-state index is 0.715. The van der Waals surface area contributed by atoms with Gasteiger partial charge in [0.1, 0.15) is 0 Å². The SMILES string of the molecule is CCOCC(CC)C1CCOC1. The zero-order valence-electron chi connectivity index (χ0n) is 8.21. The molecular weight excluding hydrogens is 152 g/mol. The predicted molar refractivity (Wildman–Crippen MR) is 49.2 cm³/mol. The van der Waals surface area contributed by atoms with Gasteiger partial charge in [-0.1, -0.05) is 13.3 Å². The first kappa shape index (κ1) is 10.0. The Hall–Kier alpha value is -0.0800. The van der Waals surface area contributed by atoms with Crippen LogP contribution < -0.4 is 0 Å². The lowest BCUT2D eigenvalue weighted by Gasteiger charge is -2.19. The van der Waals surface area contributed by atoms with Crippen molar-refractivity contribution < 1.29 is 9.47 Å². The molecule has 0 amide bonds. The average Bonchev–Trinajstić information content (AvgIpc) is 2.59. The van der Waals surface area contributed by atoms with Gasteiger partial charge in [0.05, 0.1) is 0 Å². The fourth-order valence-corrected chi connectivity index (χ4v) is 1.78. The Morgan fingerprint density at radius 3 is 2.83 bits per heavy atom. The van der Waals surface area contributed by atoms with Crippen molar-refractivity contribution in [3.05, 3.63) is 0 Å². The Morgan fingerprint density at radius 1 is 1.50 bits per heavy atom. The van der Waals surface area contributed by atoms with Crippen LogP contribution in [0.5, 0.6) is 0 Å². The highest BCUT2D eigenvalue weighted by molar-refractivity contribution is 4.72. The van der Waals surface area contributed by atoms with Crippen LogP contribution in [0.25, 0.3) is 0 Å². The first-order valence-corrected chi connectivity index (χ1v) is 5.04. The first-order valence-electron chi connectivity index (χ1n) is 5.04. The van der Waals surface area contributed by atoms with Crippen LogP contribution in [-0.4, -0.2) is 26.4 Å². The molecule has 0 aromatic carbocycles. The maximum atomic E-state index is 5.44. The van der Waals surface area contributed by atoms with Crippen molar-refractivity contribution in [1.82, 2.24) is 0 Å². The van der Waals surface area contributed by atoms with Crippen molar-refractivity contribution in [3.8, 4) is 0 Å². The predicted octanol–water partition coefficient (Wildman–Crippen LogP) is 2.09. The van der Waals surface area contributed by atoms with Gasteiger partial charge < -0.3 is 9.47 Å². The standard InChI is InChI=1S/C10H20O2/c1-3-9(7-11-4-2)10-5-6-12-8-10/h9-10H,3-8H2,1-2H3. The van der Waals surface area contributed by atoms with Gasteiger partial charge >= 0.3 is 0 Å². The minimum Gasteiger partial charge on any atom is -0.381 e. The van der Waals surface area contributed by atoms with E-state index in [1.807, 2.05) is 0 Å². The highest BCUT2D eigenvalue weighted by Gasteiger charge is 2.24. The van der Waals surface area contributed by atoms with Crippen LogP contribution in [0, 0.1) is 11.8 Å². The lowest BCUT2D eigenvalue weighted by Crippen LogP contribution is -2.19. The summed E-state index contributed by atoms with van der Waals surface area (Å²) < 4.78 is 10.8. The Balaban J connectivity index is 2.22. The largest absolute Gasteiger partial charge is 0.381 e. The fraction of sp³-hybridized carbons (Fsp3) is 1.00.